The van der Waals surface area contributed by atoms with Gasteiger partial charge in [-0.15, -0.1) is 11.8 Å². The van der Waals surface area contributed by atoms with E-state index in [1.54, 1.807) is 23.9 Å². The zero-order valence-corrected chi connectivity index (χ0v) is 19.2. The van der Waals surface area contributed by atoms with E-state index in [1.165, 1.54) is 12.1 Å². The van der Waals surface area contributed by atoms with Crippen LogP contribution in [-0.4, -0.2) is 58.5 Å². The van der Waals surface area contributed by atoms with Gasteiger partial charge in [0.15, 0.2) is 0 Å². The summed E-state index contributed by atoms with van der Waals surface area (Å²) in [6, 6.07) is 13.1. The van der Waals surface area contributed by atoms with Gasteiger partial charge in [-0.05, 0) is 67.8 Å². The second-order valence-electron chi connectivity index (χ2n) is 8.28. The number of rotatable bonds is 6. The number of hydrogen-bond acceptors (Lipinski definition) is 4. The van der Waals surface area contributed by atoms with Gasteiger partial charge in [0.25, 0.3) is 11.8 Å². The quantitative estimate of drug-likeness (QED) is 0.585. The first-order chi connectivity index (χ1) is 15.5. The molecular formula is C25H29FN2O3S. The molecule has 0 aromatic heterocycles. The van der Waals surface area contributed by atoms with E-state index in [4.69, 9.17) is 4.74 Å². The van der Waals surface area contributed by atoms with Gasteiger partial charge in [-0.25, -0.2) is 4.39 Å². The monoisotopic (exact) mass is 456 g/mol. The molecular weight excluding hydrogens is 427 g/mol. The Morgan fingerprint density at radius 3 is 2.25 bits per heavy atom. The van der Waals surface area contributed by atoms with Crippen LogP contribution in [0.3, 0.4) is 0 Å². The molecule has 4 rings (SSSR count). The lowest BCUT2D eigenvalue weighted by molar-refractivity contribution is 0.0498. The molecule has 2 aliphatic rings. The van der Waals surface area contributed by atoms with Crippen LogP contribution in [-0.2, 0) is 0 Å². The van der Waals surface area contributed by atoms with E-state index >= 15 is 0 Å². The summed E-state index contributed by atoms with van der Waals surface area (Å²) in [4.78, 5) is 29.6. The lowest BCUT2D eigenvalue weighted by Crippen LogP contribution is -2.53. The van der Waals surface area contributed by atoms with Crippen LogP contribution in [0.5, 0.6) is 5.75 Å². The van der Waals surface area contributed by atoms with Crippen molar-refractivity contribution in [3.8, 4) is 5.75 Å². The van der Waals surface area contributed by atoms with E-state index in [2.05, 4.69) is 6.92 Å². The smallest absolute Gasteiger partial charge is 0.254 e. The fourth-order valence-electron chi connectivity index (χ4n) is 4.33. The standard InChI is InChI=1S/C25H29FN2O3S/c1-2-3-17-31-22-10-6-19(7-11-22)23(29)27-14-12-25(13-15-27)28(16-18-32-25)24(30)20-4-8-21(26)9-5-20/h4-11H,2-3,12-18H2,1H3. The van der Waals surface area contributed by atoms with Crippen molar-refractivity contribution in [3.05, 3.63) is 65.5 Å². The summed E-state index contributed by atoms with van der Waals surface area (Å²) < 4.78 is 18.9. The van der Waals surface area contributed by atoms with Gasteiger partial charge < -0.3 is 14.5 Å². The first-order valence-electron chi connectivity index (χ1n) is 11.3. The Bertz CT molecular complexity index is 941. The fourth-order valence-corrected chi connectivity index (χ4v) is 5.78. The molecule has 0 radical (unpaired) electrons. The lowest BCUT2D eigenvalue weighted by atomic mass is 10.00. The number of unbranched alkanes of at least 4 members (excludes halogenated alkanes) is 1. The molecule has 0 saturated carbocycles. The number of nitrogens with zero attached hydrogens (tertiary/aromatic N) is 2. The van der Waals surface area contributed by atoms with Crippen LogP contribution in [0.4, 0.5) is 4.39 Å². The minimum Gasteiger partial charge on any atom is -0.494 e. The Kier molecular flexibility index (Phi) is 7.04. The number of piperidine rings is 1. The molecule has 32 heavy (non-hydrogen) atoms. The number of amides is 2. The predicted octanol–water partition coefficient (Wildman–Crippen LogP) is 4.83. The molecule has 0 atom stereocenters. The van der Waals surface area contributed by atoms with Gasteiger partial charge in [0.2, 0.25) is 0 Å². The molecule has 0 bridgehead atoms. The highest BCUT2D eigenvalue weighted by Crippen LogP contribution is 2.44. The summed E-state index contributed by atoms with van der Waals surface area (Å²) in [6.45, 7) is 4.69. The number of thioether (sulfide) groups is 1. The van der Waals surface area contributed by atoms with Crippen molar-refractivity contribution in [2.45, 2.75) is 37.5 Å². The summed E-state index contributed by atoms with van der Waals surface area (Å²) in [6.07, 6.45) is 3.55. The number of likely N-dealkylation sites (tertiary alicyclic amines) is 1. The molecule has 0 N–H and O–H groups in total. The van der Waals surface area contributed by atoms with Crippen molar-refractivity contribution in [1.29, 1.82) is 0 Å². The van der Waals surface area contributed by atoms with Gasteiger partial charge in [0.05, 0.1) is 11.5 Å². The molecule has 2 aromatic carbocycles. The summed E-state index contributed by atoms with van der Waals surface area (Å²) in [7, 11) is 0. The molecule has 2 fully saturated rings. The summed E-state index contributed by atoms with van der Waals surface area (Å²) >= 11 is 1.80. The van der Waals surface area contributed by atoms with Crippen molar-refractivity contribution in [2.75, 3.05) is 32.0 Å². The highest BCUT2D eigenvalue weighted by molar-refractivity contribution is 8.00. The van der Waals surface area contributed by atoms with Crippen LogP contribution < -0.4 is 4.74 Å². The summed E-state index contributed by atoms with van der Waals surface area (Å²) in [5.41, 5.74) is 1.16. The second kappa shape index (κ2) is 9.94. The lowest BCUT2D eigenvalue weighted by Gasteiger charge is -2.44. The summed E-state index contributed by atoms with van der Waals surface area (Å²) in [5.74, 6) is 1.26. The Morgan fingerprint density at radius 1 is 0.969 bits per heavy atom. The van der Waals surface area contributed by atoms with E-state index in [1.807, 2.05) is 34.1 Å². The van der Waals surface area contributed by atoms with Crippen LogP contribution in [0.25, 0.3) is 0 Å². The molecule has 0 unspecified atom stereocenters. The predicted molar refractivity (Wildman–Crippen MR) is 125 cm³/mol. The topological polar surface area (TPSA) is 49.9 Å². The highest BCUT2D eigenvalue weighted by atomic mass is 32.2. The van der Waals surface area contributed by atoms with Crippen LogP contribution >= 0.6 is 11.8 Å². The molecule has 170 valence electrons. The van der Waals surface area contributed by atoms with Crippen molar-refractivity contribution in [3.63, 3.8) is 0 Å². The fraction of sp³-hybridized carbons (Fsp3) is 0.440. The molecule has 2 aromatic rings. The van der Waals surface area contributed by atoms with Crippen molar-refractivity contribution >= 4 is 23.6 Å². The van der Waals surface area contributed by atoms with Gasteiger partial charge >= 0.3 is 0 Å². The molecule has 1 spiro atoms. The number of carbonyl (C=O) groups excluding carboxylic acids is 2. The maximum atomic E-state index is 13.3. The average Bonchev–Trinajstić information content (AvgIpc) is 3.22. The van der Waals surface area contributed by atoms with Gasteiger partial charge in [0, 0.05) is 36.5 Å². The zero-order chi connectivity index (χ0) is 22.6. The van der Waals surface area contributed by atoms with E-state index in [-0.39, 0.29) is 22.5 Å². The maximum Gasteiger partial charge on any atom is 0.254 e. The third kappa shape index (κ3) is 4.77. The largest absolute Gasteiger partial charge is 0.494 e. The van der Waals surface area contributed by atoms with Crippen molar-refractivity contribution in [2.24, 2.45) is 0 Å². The number of halogens is 1. The molecule has 2 saturated heterocycles. The van der Waals surface area contributed by atoms with Gasteiger partial charge in [0.1, 0.15) is 11.6 Å². The molecule has 2 amide bonds. The third-order valence-corrected chi connectivity index (χ3v) is 7.77. The maximum absolute atomic E-state index is 13.3. The van der Waals surface area contributed by atoms with Crippen molar-refractivity contribution in [1.82, 2.24) is 9.80 Å². The Morgan fingerprint density at radius 2 is 1.59 bits per heavy atom. The molecule has 7 heteroatoms. The Hall–Kier alpha value is -2.54. The Labute approximate surface area is 192 Å². The summed E-state index contributed by atoms with van der Waals surface area (Å²) in [5, 5.41) is 0. The zero-order valence-electron chi connectivity index (χ0n) is 18.4. The van der Waals surface area contributed by atoms with Crippen LogP contribution in [0.1, 0.15) is 53.3 Å². The average molecular weight is 457 g/mol. The third-order valence-electron chi connectivity index (χ3n) is 6.21. The number of carbonyl (C=O) groups is 2. The van der Waals surface area contributed by atoms with Gasteiger partial charge in [-0.3, -0.25) is 9.59 Å². The first kappa shape index (κ1) is 22.6. The van der Waals surface area contributed by atoms with E-state index < -0.39 is 0 Å². The minimum absolute atomic E-state index is 0.0133. The van der Waals surface area contributed by atoms with Gasteiger partial charge in [-0.2, -0.15) is 0 Å². The first-order valence-corrected chi connectivity index (χ1v) is 12.2. The molecule has 2 aliphatic heterocycles. The SMILES string of the molecule is CCCCOc1ccc(C(=O)N2CCC3(CC2)SCCN3C(=O)c2ccc(F)cc2)cc1. The second-order valence-corrected chi connectivity index (χ2v) is 9.73. The number of hydrogen-bond donors (Lipinski definition) is 0. The molecule has 0 aliphatic carbocycles. The Balaban J connectivity index is 1.37. The van der Waals surface area contributed by atoms with E-state index in [9.17, 15) is 14.0 Å². The molecule has 5 nitrogen and oxygen atoms in total. The highest BCUT2D eigenvalue weighted by Gasteiger charge is 2.47. The molecule has 2 heterocycles. The number of ether oxygens (including phenoxy) is 1. The van der Waals surface area contributed by atoms with Crippen LogP contribution in [0, 0.1) is 5.82 Å². The van der Waals surface area contributed by atoms with Gasteiger partial charge in [-0.1, -0.05) is 13.3 Å². The normalized spacial score (nSPS) is 17.6. The van der Waals surface area contributed by atoms with Crippen LogP contribution in [0.2, 0.25) is 0 Å². The number of benzene rings is 2. The van der Waals surface area contributed by atoms with Crippen LogP contribution in [0.15, 0.2) is 48.5 Å². The van der Waals surface area contributed by atoms with Crippen molar-refractivity contribution < 1.29 is 18.7 Å². The van der Waals surface area contributed by atoms with E-state index in [0.29, 0.717) is 37.4 Å². The van der Waals surface area contributed by atoms with E-state index in [0.717, 1.165) is 37.2 Å². The minimum atomic E-state index is -0.348.